The van der Waals surface area contributed by atoms with E-state index >= 15 is 0 Å². The third-order valence-electron chi connectivity index (χ3n) is 2.46. The molecule has 0 fully saturated rings. The Labute approximate surface area is 108 Å². The van der Waals surface area contributed by atoms with Gasteiger partial charge in [0.2, 0.25) is 5.91 Å². The Hall–Kier alpha value is -1.79. The molecule has 0 aliphatic rings. The van der Waals surface area contributed by atoms with Gasteiger partial charge in [0.25, 0.3) is 0 Å². The van der Waals surface area contributed by atoms with E-state index in [0.717, 1.165) is 23.2 Å². The van der Waals surface area contributed by atoms with Gasteiger partial charge in [-0.15, -0.1) is 0 Å². The minimum absolute atomic E-state index is 0.0237. The topological polar surface area (TPSA) is 49.3 Å². The highest BCUT2D eigenvalue weighted by Crippen LogP contribution is 2.14. The summed E-state index contributed by atoms with van der Waals surface area (Å²) in [5, 5.41) is 11.5. The molecule has 0 saturated heterocycles. The second kappa shape index (κ2) is 7.52. The number of aryl methyl sites for hydroxylation is 1. The molecule has 0 radical (unpaired) electrons. The second-order valence-corrected chi connectivity index (χ2v) is 4.10. The standard InChI is InChI=1S/C15H19NO2/c1-3-6-15(18)16-14-9-8-12(2)13(11-14)7-4-5-10-17/h8-9,11,17H,3,5-6,10H2,1-2H3,(H,16,18). The summed E-state index contributed by atoms with van der Waals surface area (Å²) in [6.45, 7) is 4.01. The van der Waals surface area contributed by atoms with Gasteiger partial charge in [-0.1, -0.05) is 24.8 Å². The molecule has 0 bridgehead atoms. The Morgan fingerprint density at radius 3 is 2.89 bits per heavy atom. The predicted octanol–water partition coefficient (Wildman–Crippen LogP) is 2.47. The summed E-state index contributed by atoms with van der Waals surface area (Å²) in [5.74, 6) is 5.91. The van der Waals surface area contributed by atoms with E-state index in [-0.39, 0.29) is 12.5 Å². The molecule has 18 heavy (non-hydrogen) atoms. The number of hydrogen-bond donors (Lipinski definition) is 2. The summed E-state index contributed by atoms with van der Waals surface area (Å²) >= 11 is 0. The van der Waals surface area contributed by atoms with Crippen LogP contribution in [0.15, 0.2) is 18.2 Å². The van der Waals surface area contributed by atoms with Gasteiger partial charge in [-0.2, -0.15) is 0 Å². The summed E-state index contributed by atoms with van der Waals surface area (Å²) in [4.78, 5) is 11.5. The van der Waals surface area contributed by atoms with Gasteiger partial charge < -0.3 is 10.4 Å². The number of hydrogen-bond acceptors (Lipinski definition) is 2. The Bertz CT molecular complexity index is 469. The largest absolute Gasteiger partial charge is 0.395 e. The van der Waals surface area contributed by atoms with Gasteiger partial charge in [0, 0.05) is 24.1 Å². The van der Waals surface area contributed by atoms with Crippen LogP contribution >= 0.6 is 0 Å². The smallest absolute Gasteiger partial charge is 0.224 e. The van der Waals surface area contributed by atoms with Gasteiger partial charge in [0.1, 0.15) is 0 Å². The maximum absolute atomic E-state index is 11.5. The van der Waals surface area contributed by atoms with Gasteiger partial charge in [-0.05, 0) is 31.0 Å². The van der Waals surface area contributed by atoms with Crippen LogP contribution in [0.2, 0.25) is 0 Å². The van der Waals surface area contributed by atoms with E-state index in [9.17, 15) is 4.79 Å². The highest BCUT2D eigenvalue weighted by Gasteiger charge is 2.02. The second-order valence-electron chi connectivity index (χ2n) is 4.10. The fourth-order valence-electron chi connectivity index (χ4n) is 1.50. The van der Waals surface area contributed by atoms with Crippen molar-refractivity contribution in [2.24, 2.45) is 0 Å². The lowest BCUT2D eigenvalue weighted by atomic mass is 10.1. The van der Waals surface area contributed by atoms with Crippen LogP contribution in [0.25, 0.3) is 0 Å². The number of carbonyl (C=O) groups is 1. The quantitative estimate of drug-likeness (QED) is 0.801. The molecule has 0 atom stereocenters. The normalized spacial score (nSPS) is 9.50. The average Bonchev–Trinajstić information content (AvgIpc) is 2.34. The van der Waals surface area contributed by atoms with Crippen molar-refractivity contribution in [2.45, 2.75) is 33.1 Å². The number of nitrogens with one attached hydrogen (secondary N) is 1. The number of carbonyl (C=O) groups excluding carboxylic acids is 1. The molecule has 1 rings (SSSR count). The molecule has 3 heteroatoms. The first-order valence-corrected chi connectivity index (χ1v) is 6.17. The molecule has 0 aliphatic carbocycles. The Morgan fingerprint density at radius 2 is 2.22 bits per heavy atom. The van der Waals surface area contributed by atoms with E-state index in [1.54, 1.807) is 0 Å². The molecule has 0 aliphatic heterocycles. The molecule has 0 heterocycles. The molecule has 1 aromatic carbocycles. The predicted molar refractivity (Wildman–Crippen MR) is 73.3 cm³/mol. The average molecular weight is 245 g/mol. The monoisotopic (exact) mass is 245 g/mol. The van der Waals surface area contributed by atoms with Crippen molar-refractivity contribution in [1.82, 2.24) is 0 Å². The fraction of sp³-hybridized carbons (Fsp3) is 0.400. The zero-order valence-corrected chi connectivity index (χ0v) is 10.9. The summed E-state index contributed by atoms with van der Waals surface area (Å²) in [5.41, 5.74) is 2.72. The summed E-state index contributed by atoms with van der Waals surface area (Å²) in [6, 6.07) is 5.68. The van der Waals surface area contributed by atoms with Gasteiger partial charge in [0.15, 0.2) is 0 Å². The number of benzene rings is 1. The molecule has 1 amide bonds. The molecular weight excluding hydrogens is 226 g/mol. The maximum atomic E-state index is 11.5. The molecule has 0 aromatic heterocycles. The van der Waals surface area contributed by atoms with Crippen molar-refractivity contribution in [3.05, 3.63) is 29.3 Å². The molecule has 2 N–H and O–H groups in total. The molecule has 1 aromatic rings. The lowest BCUT2D eigenvalue weighted by Crippen LogP contribution is -2.10. The van der Waals surface area contributed by atoms with E-state index in [1.165, 1.54) is 0 Å². The Kier molecular flexibility index (Phi) is 5.96. The lowest BCUT2D eigenvalue weighted by Gasteiger charge is -2.06. The van der Waals surface area contributed by atoms with Crippen molar-refractivity contribution in [1.29, 1.82) is 0 Å². The molecule has 0 unspecified atom stereocenters. The van der Waals surface area contributed by atoms with Crippen molar-refractivity contribution in [3.63, 3.8) is 0 Å². The van der Waals surface area contributed by atoms with E-state index < -0.39 is 0 Å². The number of aliphatic hydroxyl groups is 1. The molecular formula is C15H19NO2. The zero-order chi connectivity index (χ0) is 13.4. The van der Waals surface area contributed by atoms with E-state index in [1.807, 2.05) is 32.0 Å². The first kappa shape index (κ1) is 14.3. The number of aliphatic hydroxyl groups excluding tert-OH is 1. The molecule has 0 spiro atoms. The number of amides is 1. The third-order valence-corrected chi connectivity index (χ3v) is 2.46. The number of anilines is 1. The minimum atomic E-state index is 0.0237. The fourth-order valence-corrected chi connectivity index (χ4v) is 1.50. The van der Waals surface area contributed by atoms with Crippen LogP contribution in [0.5, 0.6) is 0 Å². The third kappa shape index (κ3) is 4.60. The van der Waals surface area contributed by atoms with Crippen molar-refractivity contribution in [3.8, 4) is 11.8 Å². The minimum Gasteiger partial charge on any atom is -0.395 e. The maximum Gasteiger partial charge on any atom is 0.224 e. The Morgan fingerprint density at radius 1 is 1.44 bits per heavy atom. The highest BCUT2D eigenvalue weighted by molar-refractivity contribution is 5.90. The number of rotatable bonds is 4. The lowest BCUT2D eigenvalue weighted by molar-refractivity contribution is -0.116. The van der Waals surface area contributed by atoms with Crippen molar-refractivity contribution >= 4 is 11.6 Å². The van der Waals surface area contributed by atoms with Gasteiger partial charge >= 0.3 is 0 Å². The van der Waals surface area contributed by atoms with E-state index in [0.29, 0.717) is 12.8 Å². The summed E-state index contributed by atoms with van der Waals surface area (Å²) < 4.78 is 0. The first-order chi connectivity index (χ1) is 8.67. The van der Waals surface area contributed by atoms with Crippen LogP contribution in [0.1, 0.15) is 37.3 Å². The van der Waals surface area contributed by atoms with Crippen LogP contribution in [0, 0.1) is 18.8 Å². The molecule has 3 nitrogen and oxygen atoms in total. The highest BCUT2D eigenvalue weighted by atomic mass is 16.2. The van der Waals surface area contributed by atoms with Gasteiger partial charge in [-0.25, -0.2) is 0 Å². The Balaban J connectivity index is 2.81. The van der Waals surface area contributed by atoms with Crippen molar-refractivity contribution in [2.75, 3.05) is 11.9 Å². The summed E-state index contributed by atoms with van der Waals surface area (Å²) in [7, 11) is 0. The van der Waals surface area contributed by atoms with E-state index in [2.05, 4.69) is 17.2 Å². The van der Waals surface area contributed by atoms with Gasteiger partial charge in [0.05, 0.1) is 6.61 Å². The van der Waals surface area contributed by atoms with Crippen LogP contribution in [-0.4, -0.2) is 17.6 Å². The first-order valence-electron chi connectivity index (χ1n) is 6.17. The molecule has 0 saturated carbocycles. The van der Waals surface area contributed by atoms with Crippen LogP contribution in [0.4, 0.5) is 5.69 Å². The SMILES string of the molecule is CCCC(=O)Nc1ccc(C)c(C#CCCO)c1. The van der Waals surface area contributed by atoms with Crippen molar-refractivity contribution < 1.29 is 9.90 Å². The van der Waals surface area contributed by atoms with Gasteiger partial charge in [-0.3, -0.25) is 4.79 Å². The van der Waals surface area contributed by atoms with Crippen LogP contribution in [0.3, 0.4) is 0 Å². The van der Waals surface area contributed by atoms with E-state index in [4.69, 9.17) is 5.11 Å². The summed E-state index contributed by atoms with van der Waals surface area (Å²) in [6.07, 6.45) is 1.83. The van der Waals surface area contributed by atoms with Crippen LogP contribution < -0.4 is 5.32 Å². The zero-order valence-electron chi connectivity index (χ0n) is 10.9. The molecule has 96 valence electrons. The van der Waals surface area contributed by atoms with Crippen LogP contribution in [-0.2, 0) is 4.79 Å².